The van der Waals surface area contributed by atoms with E-state index >= 15 is 0 Å². The smallest absolute Gasteiger partial charge is 0.255 e. The number of nitrogens with one attached hydrogen (secondary N) is 1. The molecule has 0 heterocycles. The van der Waals surface area contributed by atoms with E-state index in [1.54, 1.807) is 18.2 Å². The average Bonchev–Trinajstić information content (AvgIpc) is 2.52. The summed E-state index contributed by atoms with van der Waals surface area (Å²) in [5, 5.41) is 2.88. The van der Waals surface area contributed by atoms with Crippen LogP contribution in [0.25, 0.3) is 0 Å². The Morgan fingerprint density at radius 3 is 2.52 bits per heavy atom. The lowest BCUT2D eigenvalue weighted by Crippen LogP contribution is -2.13. The third kappa shape index (κ3) is 5.49. The van der Waals surface area contributed by atoms with Crippen LogP contribution in [0.5, 0.6) is 5.75 Å². The van der Waals surface area contributed by atoms with Gasteiger partial charge in [0.2, 0.25) is 0 Å². The zero-order valence-corrected chi connectivity index (χ0v) is 14.3. The van der Waals surface area contributed by atoms with Gasteiger partial charge in [-0.1, -0.05) is 19.4 Å². The number of hydrogen-bond donors (Lipinski definition) is 2. The van der Waals surface area contributed by atoms with Crippen molar-refractivity contribution in [2.24, 2.45) is 0 Å². The fourth-order valence-corrected chi connectivity index (χ4v) is 2.01. The molecule has 0 unspecified atom stereocenters. The summed E-state index contributed by atoms with van der Waals surface area (Å²) >= 11 is 0. The number of nitrogen functional groups attached to an aromatic ring is 1. The van der Waals surface area contributed by atoms with Crippen LogP contribution in [0.2, 0.25) is 0 Å². The van der Waals surface area contributed by atoms with Crippen LogP contribution >= 0.6 is 12.4 Å². The molecule has 3 N–H and O–H groups in total. The van der Waals surface area contributed by atoms with Crippen LogP contribution < -0.4 is 15.8 Å². The number of amides is 1. The maximum atomic E-state index is 12.3. The highest BCUT2D eigenvalue weighted by atomic mass is 35.5. The molecule has 5 heteroatoms. The van der Waals surface area contributed by atoms with E-state index in [0.29, 0.717) is 17.9 Å². The first-order valence-electron chi connectivity index (χ1n) is 7.50. The van der Waals surface area contributed by atoms with E-state index in [9.17, 15) is 4.79 Å². The van der Waals surface area contributed by atoms with Crippen molar-refractivity contribution in [2.75, 3.05) is 17.7 Å². The number of hydrogen-bond acceptors (Lipinski definition) is 3. The number of carbonyl (C=O) groups excluding carboxylic acids is 1. The molecule has 0 aliphatic carbocycles. The van der Waals surface area contributed by atoms with Gasteiger partial charge in [0.1, 0.15) is 5.75 Å². The zero-order valence-electron chi connectivity index (χ0n) is 13.5. The lowest BCUT2D eigenvalue weighted by Gasteiger charge is -2.10. The van der Waals surface area contributed by atoms with Gasteiger partial charge in [0.15, 0.2) is 0 Å². The van der Waals surface area contributed by atoms with E-state index in [4.69, 9.17) is 10.5 Å². The molecule has 124 valence electrons. The van der Waals surface area contributed by atoms with Gasteiger partial charge in [-0.05, 0) is 55.3 Å². The van der Waals surface area contributed by atoms with Crippen molar-refractivity contribution in [1.29, 1.82) is 0 Å². The van der Waals surface area contributed by atoms with E-state index in [1.165, 1.54) is 0 Å². The highest BCUT2D eigenvalue weighted by molar-refractivity contribution is 6.04. The predicted octanol–water partition coefficient (Wildman–Crippen LogP) is 4.43. The largest absolute Gasteiger partial charge is 0.494 e. The van der Waals surface area contributed by atoms with Crippen LogP contribution in [0.4, 0.5) is 11.4 Å². The monoisotopic (exact) mass is 334 g/mol. The quantitative estimate of drug-likeness (QED) is 0.606. The van der Waals surface area contributed by atoms with Crippen molar-refractivity contribution >= 4 is 29.7 Å². The summed E-state index contributed by atoms with van der Waals surface area (Å²) in [7, 11) is 0. The van der Waals surface area contributed by atoms with Gasteiger partial charge in [0.25, 0.3) is 5.91 Å². The molecule has 0 aromatic heterocycles. The Bertz CT molecular complexity index is 642. The second-order valence-corrected chi connectivity index (χ2v) is 5.25. The molecule has 0 bridgehead atoms. The molecule has 2 rings (SSSR count). The van der Waals surface area contributed by atoms with Crippen LogP contribution in [-0.4, -0.2) is 12.5 Å². The number of rotatable bonds is 6. The van der Waals surface area contributed by atoms with Crippen molar-refractivity contribution in [3.05, 3.63) is 53.6 Å². The van der Waals surface area contributed by atoms with Gasteiger partial charge in [-0.15, -0.1) is 12.4 Å². The maximum Gasteiger partial charge on any atom is 0.255 e. The molecule has 0 radical (unpaired) electrons. The average molecular weight is 335 g/mol. The Labute approximate surface area is 143 Å². The number of anilines is 2. The summed E-state index contributed by atoms with van der Waals surface area (Å²) < 4.78 is 5.59. The van der Waals surface area contributed by atoms with E-state index in [2.05, 4.69) is 12.2 Å². The van der Waals surface area contributed by atoms with Crippen molar-refractivity contribution < 1.29 is 9.53 Å². The molecule has 1 amide bonds. The molecule has 0 spiro atoms. The summed E-state index contributed by atoms with van der Waals surface area (Å²) in [6.07, 6.45) is 2.12. The lowest BCUT2D eigenvalue weighted by molar-refractivity contribution is 0.102. The number of aryl methyl sites for hydroxylation is 1. The summed E-state index contributed by atoms with van der Waals surface area (Å²) in [4.78, 5) is 12.3. The minimum atomic E-state index is -0.159. The van der Waals surface area contributed by atoms with Crippen molar-refractivity contribution in [2.45, 2.75) is 26.7 Å². The number of ether oxygens (including phenoxy) is 1. The summed E-state index contributed by atoms with van der Waals surface area (Å²) in [5.74, 6) is 0.624. The van der Waals surface area contributed by atoms with Crippen LogP contribution in [0, 0.1) is 6.92 Å². The molecule has 23 heavy (non-hydrogen) atoms. The minimum absolute atomic E-state index is 0. The molecule has 0 aliphatic heterocycles. The fraction of sp³-hybridized carbons (Fsp3) is 0.278. The number of carbonyl (C=O) groups is 1. The first-order chi connectivity index (χ1) is 10.6. The van der Waals surface area contributed by atoms with Gasteiger partial charge in [-0.25, -0.2) is 0 Å². The lowest BCUT2D eigenvalue weighted by atomic mass is 10.1. The van der Waals surface area contributed by atoms with Gasteiger partial charge in [0, 0.05) is 16.9 Å². The molecule has 0 fully saturated rings. The van der Waals surface area contributed by atoms with Crippen LogP contribution in [-0.2, 0) is 0 Å². The molecule has 2 aromatic rings. The minimum Gasteiger partial charge on any atom is -0.494 e. The second-order valence-electron chi connectivity index (χ2n) is 5.25. The molecule has 4 nitrogen and oxygen atoms in total. The van der Waals surface area contributed by atoms with Crippen molar-refractivity contribution in [1.82, 2.24) is 0 Å². The maximum absolute atomic E-state index is 12.3. The number of benzene rings is 2. The first-order valence-corrected chi connectivity index (χ1v) is 7.50. The van der Waals surface area contributed by atoms with Gasteiger partial charge in [0.05, 0.1) is 6.61 Å². The van der Waals surface area contributed by atoms with Gasteiger partial charge in [-0.3, -0.25) is 4.79 Å². The molecule has 0 atom stereocenters. The van der Waals surface area contributed by atoms with Gasteiger partial charge >= 0.3 is 0 Å². The molecule has 0 aliphatic rings. The van der Waals surface area contributed by atoms with E-state index < -0.39 is 0 Å². The Morgan fingerprint density at radius 1 is 1.17 bits per heavy atom. The Balaban J connectivity index is 0.00000264. The molecule has 0 saturated heterocycles. The Hall–Kier alpha value is -2.20. The molecule has 2 aromatic carbocycles. The van der Waals surface area contributed by atoms with Gasteiger partial charge in [-0.2, -0.15) is 0 Å². The van der Waals surface area contributed by atoms with E-state index in [1.807, 2.05) is 31.2 Å². The molecular formula is C18H23ClN2O2. The SMILES string of the molecule is CCCCOc1ccc(C(=O)Nc2cc(N)ccc2C)cc1.Cl. The summed E-state index contributed by atoms with van der Waals surface area (Å²) in [6.45, 7) is 4.75. The van der Waals surface area contributed by atoms with E-state index in [-0.39, 0.29) is 18.3 Å². The fourth-order valence-electron chi connectivity index (χ4n) is 2.01. The standard InChI is InChI=1S/C18H22N2O2.ClH/c1-3-4-11-22-16-9-6-14(7-10-16)18(21)20-17-12-15(19)8-5-13(17)2;/h5-10,12H,3-4,11,19H2,1-2H3,(H,20,21);1H. The van der Waals surface area contributed by atoms with Crippen molar-refractivity contribution in [3.8, 4) is 5.75 Å². The third-order valence-electron chi connectivity index (χ3n) is 3.39. The van der Waals surface area contributed by atoms with Gasteiger partial charge < -0.3 is 15.8 Å². The normalized spacial score (nSPS) is 9.83. The second kappa shape index (κ2) is 9.06. The number of nitrogens with two attached hydrogens (primary N) is 1. The summed E-state index contributed by atoms with van der Waals surface area (Å²) in [6, 6.07) is 12.6. The number of halogens is 1. The van der Waals surface area contributed by atoms with Crippen LogP contribution in [0.1, 0.15) is 35.7 Å². The number of unbranched alkanes of at least 4 members (excludes halogenated alkanes) is 1. The topological polar surface area (TPSA) is 64.3 Å². The van der Waals surface area contributed by atoms with Crippen LogP contribution in [0.15, 0.2) is 42.5 Å². The first kappa shape index (κ1) is 18.8. The van der Waals surface area contributed by atoms with Crippen molar-refractivity contribution in [3.63, 3.8) is 0 Å². The van der Waals surface area contributed by atoms with Crippen LogP contribution in [0.3, 0.4) is 0 Å². The highest BCUT2D eigenvalue weighted by Crippen LogP contribution is 2.20. The third-order valence-corrected chi connectivity index (χ3v) is 3.39. The molecule has 0 saturated carbocycles. The Kier molecular flexibility index (Phi) is 7.42. The highest BCUT2D eigenvalue weighted by Gasteiger charge is 2.08. The zero-order chi connectivity index (χ0) is 15.9. The Morgan fingerprint density at radius 2 is 1.87 bits per heavy atom. The van der Waals surface area contributed by atoms with E-state index in [0.717, 1.165) is 29.8 Å². The summed E-state index contributed by atoms with van der Waals surface area (Å²) in [5.41, 5.74) is 8.67. The predicted molar refractivity (Wildman–Crippen MR) is 97.6 cm³/mol. The molecular weight excluding hydrogens is 312 g/mol.